The average molecular weight is 297 g/mol. The van der Waals surface area contributed by atoms with Crippen LogP contribution in [-0.4, -0.2) is 27.5 Å². The van der Waals surface area contributed by atoms with Crippen LogP contribution in [0.5, 0.6) is 5.88 Å². The van der Waals surface area contributed by atoms with Gasteiger partial charge in [0.15, 0.2) is 5.43 Å². The minimum absolute atomic E-state index is 0.0378. The van der Waals surface area contributed by atoms with E-state index in [1.54, 1.807) is 0 Å². The first-order valence-corrected chi connectivity index (χ1v) is 5.52. The van der Waals surface area contributed by atoms with Crippen molar-refractivity contribution in [3.05, 3.63) is 40.6 Å². The van der Waals surface area contributed by atoms with Crippen LogP contribution in [0.15, 0.2) is 29.5 Å². The first-order valence-electron chi connectivity index (χ1n) is 5.52. The van der Waals surface area contributed by atoms with E-state index in [1.165, 1.54) is 6.20 Å². The van der Waals surface area contributed by atoms with Crippen molar-refractivity contribution < 1.29 is 18.3 Å². The predicted molar refractivity (Wildman–Crippen MR) is 66.4 cm³/mol. The van der Waals surface area contributed by atoms with Gasteiger partial charge in [0.1, 0.15) is 5.69 Å². The highest BCUT2D eigenvalue weighted by atomic mass is 19.3. The molecule has 0 saturated carbocycles. The van der Waals surface area contributed by atoms with Gasteiger partial charge >= 0.3 is 6.61 Å². The zero-order chi connectivity index (χ0) is 15.4. The average Bonchev–Trinajstić information content (AvgIpc) is 2.46. The summed E-state index contributed by atoms with van der Waals surface area (Å²) < 4.78 is 28.1. The molecule has 2 rings (SSSR count). The number of hydrazine groups is 1. The second kappa shape index (κ2) is 6.05. The number of carbonyl (C=O) groups is 1. The molecule has 0 spiro atoms. The molecule has 0 aliphatic carbocycles. The Hall–Kier alpha value is -2.88. The molecular weight excluding hydrogens is 288 g/mol. The zero-order valence-corrected chi connectivity index (χ0v) is 10.3. The van der Waals surface area contributed by atoms with E-state index in [2.05, 4.69) is 19.7 Å². The number of aromatic nitrogens is 3. The van der Waals surface area contributed by atoms with E-state index in [4.69, 9.17) is 5.84 Å². The van der Waals surface area contributed by atoms with E-state index in [0.717, 1.165) is 18.5 Å². The van der Waals surface area contributed by atoms with Gasteiger partial charge in [-0.3, -0.25) is 20.0 Å². The lowest BCUT2D eigenvalue weighted by molar-refractivity contribution is -0.0528. The van der Waals surface area contributed by atoms with Crippen LogP contribution in [0.4, 0.5) is 8.78 Å². The van der Waals surface area contributed by atoms with Crippen LogP contribution in [-0.2, 0) is 0 Å². The third-order valence-electron chi connectivity index (χ3n) is 2.38. The van der Waals surface area contributed by atoms with Gasteiger partial charge < -0.3 is 9.72 Å². The zero-order valence-electron chi connectivity index (χ0n) is 10.3. The van der Waals surface area contributed by atoms with Crippen molar-refractivity contribution in [3.63, 3.8) is 0 Å². The second-order valence-corrected chi connectivity index (χ2v) is 3.72. The summed E-state index contributed by atoms with van der Waals surface area (Å²) >= 11 is 0. The number of ether oxygens (including phenoxy) is 1. The van der Waals surface area contributed by atoms with Crippen LogP contribution in [0.25, 0.3) is 11.3 Å². The number of H-pyrrole nitrogens is 1. The van der Waals surface area contributed by atoms with Crippen molar-refractivity contribution in [1.82, 2.24) is 20.4 Å². The predicted octanol–water partition coefficient (Wildman–Crippen LogP) is 0.0368. The third kappa shape index (κ3) is 3.36. The molecule has 0 aromatic carbocycles. The molecule has 0 aliphatic heterocycles. The quantitative estimate of drug-likeness (QED) is 0.416. The topological polar surface area (TPSA) is 123 Å². The molecule has 8 nitrogen and oxygen atoms in total. The second-order valence-electron chi connectivity index (χ2n) is 3.72. The Labute approximate surface area is 116 Å². The third-order valence-corrected chi connectivity index (χ3v) is 2.38. The van der Waals surface area contributed by atoms with Crippen molar-refractivity contribution >= 4 is 5.91 Å². The van der Waals surface area contributed by atoms with Crippen molar-refractivity contribution in [3.8, 4) is 17.1 Å². The number of hydrogen-bond donors (Lipinski definition) is 3. The molecule has 2 aromatic heterocycles. The van der Waals surface area contributed by atoms with E-state index in [1.807, 2.05) is 5.43 Å². The molecule has 21 heavy (non-hydrogen) atoms. The molecule has 0 aliphatic rings. The van der Waals surface area contributed by atoms with Crippen molar-refractivity contribution in [2.75, 3.05) is 0 Å². The van der Waals surface area contributed by atoms with Gasteiger partial charge in [0.25, 0.3) is 5.91 Å². The van der Waals surface area contributed by atoms with Crippen LogP contribution >= 0.6 is 0 Å². The van der Waals surface area contributed by atoms with Crippen LogP contribution in [0.1, 0.15) is 10.5 Å². The minimum Gasteiger partial charge on any atom is -0.419 e. The lowest BCUT2D eigenvalue weighted by Crippen LogP contribution is -2.31. The van der Waals surface area contributed by atoms with Gasteiger partial charge in [0.05, 0.1) is 23.7 Å². The maximum Gasteiger partial charge on any atom is 0.388 e. The monoisotopic (exact) mass is 297 g/mol. The van der Waals surface area contributed by atoms with Gasteiger partial charge in [0, 0.05) is 12.3 Å². The number of nitrogen functional groups attached to an aromatic ring is 1. The largest absolute Gasteiger partial charge is 0.419 e. The molecule has 1 amide bonds. The molecule has 110 valence electrons. The summed E-state index contributed by atoms with van der Waals surface area (Å²) in [5.41, 5.74) is 1.28. The summed E-state index contributed by atoms with van der Waals surface area (Å²) in [6.45, 7) is -3.05. The molecule has 4 N–H and O–H groups in total. The molecule has 2 heterocycles. The van der Waals surface area contributed by atoms with E-state index >= 15 is 0 Å². The molecule has 2 aromatic rings. The van der Waals surface area contributed by atoms with Gasteiger partial charge in [-0.15, -0.1) is 0 Å². The number of nitrogens with one attached hydrogen (secondary N) is 2. The highest BCUT2D eigenvalue weighted by Gasteiger charge is 2.12. The van der Waals surface area contributed by atoms with E-state index in [0.29, 0.717) is 0 Å². The highest BCUT2D eigenvalue weighted by Crippen LogP contribution is 2.14. The minimum atomic E-state index is -3.05. The van der Waals surface area contributed by atoms with Crippen molar-refractivity contribution in [2.24, 2.45) is 5.84 Å². The first kappa shape index (κ1) is 14.5. The number of rotatable bonds is 4. The van der Waals surface area contributed by atoms with Crippen molar-refractivity contribution in [1.29, 1.82) is 0 Å². The number of nitrogens with two attached hydrogens (primary N) is 1. The fourth-order valence-corrected chi connectivity index (χ4v) is 1.50. The van der Waals surface area contributed by atoms with E-state index < -0.39 is 17.9 Å². The molecule has 0 radical (unpaired) electrons. The smallest absolute Gasteiger partial charge is 0.388 e. The number of pyridine rings is 1. The molecule has 0 bridgehead atoms. The maximum atomic E-state index is 12.0. The number of carbonyl (C=O) groups excluding carboxylic acids is 1. The number of aromatic amines is 1. The maximum absolute atomic E-state index is 12.0. The summed E-state index contributed by atoms with van der Waals surface area (Å²) in [6, 6.07) is 0.846. The molecule has 0 unspecified atom stereocenters. The normalized spacial score (nSPS) is 10.5. The first-order chi connectivity index (χ1) is 10.0. The van der Waals surface area contributed by atoms with Gasteiger partial charge in [-0.2, -0.15) is 8.78 Å². The van der Waals surface area contributed by atoms with Crippen LogP contribution in [0, 0.1) is 0 Å². The lowest BCUT2D eigenvalue weighted by atomic mass is 10.2. The standard InChI is InChI=1S/C11H9F2N5O3/c12-11(13)21-9-1-8(19)5(2-16-9)6-3-15-4-7(17-6)10(20)18-14/h1-4,11H,14H2,(H,16,19)(H,18,20). The molecular formula is C11H9F2N5O3. The fourth-order valence-electron chi connectivity index (χ4n) is 1.50. The van der Waals surface area contributed by atoms with Gasteiger partial charge in [-0.25, -0.2) is 10.8 Å². The van der Waals surface area contributed by atoms with Crippen molar-refractivity contribution in [2.45, 2.75) is 6.61 Å². The number of alkyl halides is 2. The number of halogens is 2. The number of nitrogens with zero attached hydrogens (tertiary/aromatic N) is 2. The highest BCUT2D eigenvalue weighted by molar-refractivity contribution is 5.91. The summed E-state index contributed by atoms with van der Waals surface area (Å²) in [4.78, 5) is 33.2. The molecule has 0 saturated heterocycles. The Morgan fingerprint density at radius 1 is 1.43 bits per heavy atom. The number of hydrogen-bond acceptors (Lipinski definition) is 6. The summed E-state index contributed by atoms with van der Waals surface area (Å²) in [5.74, 6) is 3.90. The van der Waals surface area contributed by atoms with Crippen LogP contribution in [0.2, 0.25) is 0 Å². The molecule has 10 heteroatoms. The Morgan fingerprint density at radius 2 is 2.19 bits per heavy atom. The SMILES string of the molecule is NNC(=O)c1cncc(-c2c[nH]c(OC(F)F)cc2=O)n1. The number of amides is 1. The Bertz CT molecular complexity index is 719. The Morgan fingerprint density at radius 3 is 2.81 bits per heavy atom. The summed E-state index contributed by atoms with van der Waals surface area (Å²) in [6.07, 6.45) is 3.54. The molecule has 0 fully saturated rings. The Kier molecular flexibility index (Phi) is 4.18. The summed E-state index contributed by atoms with van der Waals surface area (Å²) in [5, 5.41) is 0. The van der Waals surface area contributed by atoms with Gasteiger partial charge in [0.2, 0.25) is 5.88 Å². The lowest BCUT2D eigenvalue weighted by Gasteiger charge is -2.06. The summed E-state index contributed by atoms with van der Waals surface area (Å²) in [7, 11) is 0. The van der Waals surface area contributed by atoms with Gasteiger partial charge in [-0.05, 0) is 0 Å². The molecule has 0 atom stereocenters. The van der Waals surface area contributed by atoms with Gasteiger partial charge in [-0.1, -0.05) is 0 Å². The van der Waals surface area contributed by atoms with Crippen LogP contribution in [0.3, 0.4) is 0 Å². The fraction of sp³-hybridized carbons (Fsp3) is 0.0909. The Balaban J connectivity index is 2.38. The van der Waals surface area contributed by atoms with E-state index in [9.17, 15) is 18.4 Å². The van der Waals surface area contributed by atoms with E-state index in [-0.39, 0.29) is 22.8 Å². The van der Waals surface area contributed by atoms with Crippen LogP contribution < -0.4 is 21.4 Å².